The third-order valence-electron chi connectivity index (χ3n) is 3.06. The number of hydrogen-bond donors (Lipinski definition) is 2. The minimum absolute atomic E-state index is 0.889. The summed E-state index contributed by atoms with van der Waals surface area (Å²) in [4.78, 5) is 3.20. The summed E-state index contributed by atoms with van der Waals surface area (Å²) in [6, 6.07) is 19.7. The topological polar surface area (TPSA) is 27.8 Å². The molecular formula is C16H15N2. The van der Waals surface area contributed by atoms with Gasteiger partial charge in [0.1, 0.15) is 0 Å². The zero-order valence-corrected chi connectivity index (χ0v) is 10.1. The largest absolute Gasteiger partial charge is 0.361 e. The second-order valence-corrected chi connectivity index (χ2v) is 4.41. The molecule has 0 fully saturated rings. The van der Waals surface area contributed by atoms with Gasteiger partial charge in [0.05, 0.1) is 0 Å². The molecule has 0 aliphatic carbocycles. The molecule has 0 atom stereocenters. The molecule has 0 aliphatic heterocycles. The molecule has 89 valence electrons. The monoisotopic (exact) mass is 235 g/mol. The summed E-state index contributed by atoms with van der Waals surface area (Å²) in [7, 11) is 0. The van der Waals surface area contributed by atoms with E-state index in [9.17, 15) is 0 Å². The fraction of sp³-hybridized carbons (Fsp3) is 0.125. The van der Waals surface area contributed by atoms with Crippen molar-refractivity contribution in [3.63, 3.8) is 0 Å². The molecule has 3 rings (SSSR count). The van der Waals surface area contributed by atoms with Gasteiger partial charge in [0.15, 0.2) is 0 Å². The fourth-order valence-corrected chi connectivity index (χ4v) is 2.10. The average molecular weight is 235 g/mol. The number of nitrogens with one attached hydrogen (secondary N) is 2. The van der Waals surface area contributed by atoms with Gasteiger partial charge in [0.2, 0.25) is 0 Å². The van der Waals surface area contributed by atoms with Crippen LogP contribution in [-0.2, 0) is 13.1 Å². The number of aromatic amines is 1. The zero-order chi connectivity index (χ0) is 12.2. The van der Waals surface area contributed by atoms with E-state index in [4.69, 9.17) is 0 Å². The van der Waals surface area contributed by atoms with Crippen LogP contribution in [0.3, 0.4) is 0 Å². The predicted octanol–water partition coefficient (Wildman–Crippen LogP) is 3.26. The Morgan fingerprint density at radius 3 is 2.67 bits per heavy atom. The molecule has 0 aliphatic rings. The highest BCUT2D eigenvalue weighted by Crippen LogP contribution is 2.14. The van der Waals surface area contributed by atoms with E-state index in [0.717, 1.165) is 13.1 Å². The molecule has 0 bridgehead atoms. The minimum atomic E-state index is 0.889. The Hall–Kier alpha value is -2.06. The molecule has 0 unspecified atom stereocenters. The molecule has 2 aromatic carbocycles. The Morgan fingerprint density at radius 2 is 1.78 bits per heavy atom. The Bertz CT molecular complexity index is 626. The third kappa shape index (κ3) is 2.44. The lowest BCUT2D eigenvalue weighted by atomic mass is 10.1. The number of fused-ring (bicyclic) bond motifs is 1. The molecule has 0 amide bonds. The molecule has 1 aromatic heterocycles. The van der Waals surface area contributed by atoms with E-state index in [1.807, 2.05) is 18.3 Å². The van der Waals surface area contributed by atoms with Crippen LogP contribution in [0.15, 0.2) is 54.7 Å². The van der Waals surface area contributed by atoms with Gasteiger partial charge in [0, 0.05) is 24.8 Å². The standard InChI is InChI=1S/C16H15N2/c1-2-4-13(5-3-1)11-17-12-14-6-7-16-15(10-14)8-9-18-16/h2-10,17-18H,11-12H2. The van der Waals surface area contributed by atoms with E-state index in [0.29, 0.717) is 0 Å². The summed E-state index contributed by atoms with van der Waals surface area (Å²) in [5.74, 6) is 0. The normalized spacial score (nSPS) is 10.9. The van der Waals surface area contributed by atoms with E-state index in [1.165, 1.54) is 22.0 Å². The molecule has 0 saturated carbocycles. The van der Waals surface area contributed by atoms with Crippen LogP contribution in [-0.4, -0.2) is 4.98 Å². The third-order valence-corrected chi connectivity index (χ3v) is 3.06. The van der Waals surface area contributed by atoms with E-state index in [2.05, 4.69) is 52.8 Å². The number of hydrogen-bond acceptors (Lipinski definition) is 1. The first-order valence-electron chi connectivity index (χ1n) is 6.13. The van der Waals surface area contributed by atoms with Crippen molar-refractivity contribution in [3.8, 4) is 0 Å². The molecule has 18 heavy (non-hydrogen) atoms. The highest BCUT2D eigenvalue weighted by Gasteiger charge is 1.97. The summed E-state index contributed by atoms with van der Waals surface area (Å²) >= 11 is 0. The lowest BCUT2D eigenvalue weighted by Crippen LogP contribution is -2.12. The SMILES string of the molecule is [c]1ccc(CNCc2ccc3[nH]ccc3c2)cc1. The van der Waals surface area contributed by atoms with E-state index in [-0.39, 0.29) is 0 Å². The van der Waals surface area contributed by atoms with Crippen molar-refractivity contribution >= 4 is 10.9 Å². The maximum atomic E-state index is 3.45. The first-order valence-corrected chi connectivity index (χ1v) is 6.13. The van der Waals surface area contributed by atoms with E-state index >= 15 is 0 Å². The Kier molecular flexibility index (Phi) is 3.11. The molecule has 0 saturated heterocycles. The van der Waals surface area contributed by atoms with E-state index in [1.54, 1.807) is 0 Å². The van der Waals surface area contributed by atoms with Crippen LogP contribution >= 0.6 is 0 Å². The van der Waals surface area contributed by atoms with Crippen LogP contribution in [0.1, 0.15) is 11.1 Å². The summed E-state index contributed by atoms with van der Waals surface area (Å²) in [5.41, 5.74) is 3.79. The van der Waals surface area contributed by atoms with Crippen LogP contribution in [0.5, 0.6) is 0 Å². The average Bonchev–Trinajstić information content (AvgIpc) is 2.87. The van der Waals surface area contributed by atoms with Crippen LogP contribution < -0.4 is 5.32 Å². The number of H-pyrrole nitrogens is 1. The maximum Gasteiger partial charge on any atom is 0.0454 e. The van der Waals surface area contributed by atoms with Crippen molar-refractivity contribution in [2.45, 2.75) is 13.1 Å². The highest BCUT2D eigenvalue weighted by atomic mass is 14.8. The first-order chi connectivity index (χ1) is 8.92. The van der Waals surface area contributed by atoms with Gasteiger partial charge in [-0.05, 0) is 40.8 Å². The summed E-state index contributed by atoms with van der Waals surface area (Å²) < 4.78 is 0. The summed E-state index contributed by atoms with van der Waals surface area (Å²) in [6.45, 7) is 1.78. The second-order valence-electron chi connectivity index (χ2n) is 4.41. The minimum Gasteiger partial charge on any atom is -0.361 e. The van der Waals surface area contributed by atoms with Crippen LogP contribution in [0.4, 0.5) is 0 Å². The number of rotatable bonds is 4. The quantitative estimate of drug-likeness (QED) is 0.713. The molecule has 0 spiro atoms. The predicted molar refractivity (Wildman–Crippen MR) is 74.1 cm³/mol. The Balaban J connectivity index is 1.62. The maximum absolute atomic E-state index is 3.45. The number of aromatic nitrogens is 1. The van der Waals surface area contributed by atoms with Crippen LogP contribution in [0.2, 0.25) is 0 Å². The van der Waals surface area contributed by atoms with Crippen molar-refractivity contribution in [1.82, 2.24) is 10.3 Å². The Labute approximate surface area is 107 Å². The second kappa shape index (κ2) is 5.07. The number of benzene rings is 2. The van der Waals surface area contributed by atoms with Gasteiger partial charge in [-0.2, -0.15) is 0 Å². The molecular weight excluding hydrogens is 220 g/mol. The molecule has 2 heteroatoms. The van der Waals surface area contributed by atoms with Crippen molar-refractivity contribution in [1.29, 1.82) is 0 Å². The summed E-state index contributed by atoms with van der Waals surface area (Å²) in [6.07, 6.45) is 1.97. The van der Waals surface area contributed by atoms with Gasteiger partial charge in [0.25, 0.3) is 0 Å². The lowest BCUT2D eigenvalue weighted by molar-refractivity contribution is 0.694. The van der Waals surface area contributed by atoms with Crippen molar-refractivity contribution in [2.24, 2.45) is 0 Å². The van der Waals surface area contributed by atoms with Gasteiger partial charge < -0.3 is 10.3 Å². The molecule has 1 radical (unpaired) electrons. The van der Waals surface area contributed by atoms with Crippen molar-refractivity contribution < 1.29 is 0 Å². The molecule has 2 N–H and O–H groups in total. The smallest absolute Gasteiger partial charge is 0.0454 e. The van der Waals surface area contributed by atoms with E-state index < -0.39 is 0 Å². The van der Waals surface area contributed by atoms with Crippen LogP contribution in [0.25, 0.3) is 10.9 Å². The molecule has 1 heterocycles. The van der Waals surface area contributed by atoms with Gasteiger partial charge >= 0.3 is 0 Å². The van der Waals surface area contributed by atoms with Crippen molar-refractivity contribution in [3.05, 3.63) is 71.9 Å². The molecule has 3 aromatic rings. The highest BCUT2D eigenvalue weighted by molar-refractivity contribution is 5.79. The van der Waals surface area contributed by atoms with Crippen molar-refractivity contribution in [2.75, 3.05) is 0 Å². The summed E-state index contributed by atoms with van der Waals surface area (Å²) in [5, 5.41) is 4.72. The van der Waals surface area contributed by atoms with Gasteiger partial charge in [-0.15, -0.1) is 0 Å². The van der Waals surface area contributed by atoms with Crippen LogP contribution in [0, 0.1) is 6.07 Å². The fourth-order valence-electron chi connectivity index (χ4n) is 2.10. The zero-order valence-electron chi connectivity index (χ0n) is 10.1. The molecule has 2 nitrogen and oxygen atoms in total. The first kappa shape index (κ1) is 11.1. The lowest BCUT2D eigenvalue weighted by Gasteiger charge is -2.05. The van der Waals surface area contributed by atoms with Gasteiger partial charge in [-0.3, -0.25) is 0 Å². The van der Waals surface area contributed by atoms with Gasteiger partial charge in [-0.1, -0.05) is 30.3 Å². The van der Waals surface area contributed by atoms with Gasteiger partial charge in [-0.25, -0.2) is 0 Å². The Morgan fingerprint density at radius 1 is 0.944 bits per heavy atom.